The maximum Gasteiger partial charge on any atom is 0.0336 e. The van der Waals surface area contributed by atoms with Crippen LogP contribution in [-0.4, -0.2) is 30.1 Å². The lowest BCUT2D eigenvalue weighted by molar-refractivity contribution is 0.0192. The van der Waals surface area contributed by atoms with Gasteiger partial charge in [0, 0.05) is 12.1 Å². The van der Waals surface area contributed by atoms with Gasteiger partial charge in [-0.05, 0) is 57.0 Å². The minimum Gasteiger partial charge on any atom is -0.329 e. The van der Waals surface area contributed by atoms with Crippen LogP contribution in [0.4, 0.5) is 0 Å². The van der Waals surface area contributed by atoms with Crippen LogP contribution in [0, 0.1) is 11.8 Å². The van der Waals surface area contributed by atoms with E-state index in [1.807, 2.05) is 0 Å². The van der Waals surface area contributed by atoms with E-state index in [4.69, 9.17) is 5.73 Å². The van der Waals surface area contributed by atoms with Crippen molar-refractivity contribution in [1.82, 2.24) is 4.90 Å². The molecule has 0 spiro atoms. The van der Waals surface area contributed by atoms with Crippen molar-refractivity contribution in [2.75, 3.05) is 19.6 Å². The topological polar surface area (TPSA) is 29.3 Å². The van der Waals surface area contributed by atoms with Crippen molar-refractivity contribution in [3.8, 4) is 0 Å². The lowest BCUT2D eigenvalue weighted by atomic mass is 9.70. The maximum atomic E-state index is 6.18. The molecule has 0 aliphatic heterocycles. The molecular formula is C15H32N2. The zero-order valence-corrected chi connectivity index (χ0v) is 12.3. The molecule has 2 nitrogen and oxygen atoms in total. The van der Waals surface area contributed by atoms with Crippen LogP contribution in [-0.2, 0) is 0 Å². The van der Waals surface area contributed by atoms with Crippen molar-refractivity contribution in [2.24, 2.45) is 17.6 Å². The number of rotatable bonds is 6. The van der Waals surface area contributed by atoms with Crippen LogP contribution in [0.15, 0.2) is 0 Å². The van der Waals surface area contributed by atoms with E-state index < -0.39 is 0 Å². The van der Waals surface area contributed by atoms with Gasteiger partial charge in [-0.25, -0.2) is 0 Å². The number of hydrogen-bond acceptors (Lipinski definition) is 2. The molecule has 1 aliphatic carbocycles. The standard InChI is InChI=1S/C15H32N2/c1-5-7-17(8-6-2)15(12-16)10-13(3)9-14(4)11-15/h13-14H,5-12,16H2,1-4H3. The summed E-state index contributed by atoms with van der Waals surface area (Å²) in [5, 5.41) is 0. The first-order chi connectivity index (χ1) is 8.07. The van der Waals surface area contributed by atoms with E-state index in [0.717, 1.165) is 18.4 Å². The molecule has 0 aromatic rings. The Morgan fingerprint density at radius 3 is 1.88 bits per heavy atom. The van der Waals surface area contributed by atoms with E-state index in [1.54, 1.807) is 0 Å². The molecule has 102 valence electrons. The second-order valence-corrected chi connectivity index (χ2v) is 6.27. The third-order valence-electron chi connectivity index (χ3n) is 4.30. The predicted molar refractivity (Wildman–Crippen MR) is 76.1 cm³/mol. The molecular weight excluding hydrogens is 208 g/mol. The highest BCUT2D eigenvalue weighted by Gasteiger charge is 2.40. The van der Waals surface area contributed by atoms with Gasteiger partial charge in [0.2, 0.25) is 0 Å². The van der Waals surface area contributed by atoms with Crippen molar-refractivity contribution >= 4 is 0 Å². The third-order valence-corrected chi connectivity index (χ3v) is 4.30. The number of nitrogens with zero attached hydrogens (tertiary/aromatic N) is 1. The minimum absolute atomic E-state index is 0.295. The van der Waals surface area contributed by atoms with Crippen LogP contribution in [0.2, 0.25) is 0 Å². The van der Waals surface area contributed by atoms with Crippen LogP contribution in [0.3, 0.4) is 0 Å². The molecule has 1 saturated carbocycles. The second-order valence-electron chi connectivity index (χ2n) is 6.27. The molecule has 2 heteroatoms. The van der Waals surface area contributed by atoms with Gasteiger partial charge in [-0.15, -0.1) is 0 Å². The van der Waals surface area contributed by atoms with E-state index in [0.29, 0.717) is 5.54 Å². The molecule has 0 aromatic carbocycles. The Kier molecular flexibility index (Phi) is 5.94. The van der Waals surface area contributed by atoms with Crippen molar-refractivity contribution in [2.45, 2.75) is 65.3 Å². The molecule has 2 atom stereocenters. The highest BCUT2D eigenvalue weighted by Crippen LogP contribution is 2.39. The monoisotopic (exact) mass is 240 g/mol. The Balaban J connectivity index is 2.82. The summed E-state index contributed by atoms with van der Waals surface area (Å²) in [5.41, 5.74) is 6.48. The molecule has 2 N–H and O–H groups in total. The smallest absolute Gasteiger partial charge is 0.0336 e. The van der Waals surface area contributed by atoms with E-state index in [1.165, 1.54) is 45.2 Å². The van der Waals surface area contributed by atoms with Gasteiger partial charge in [0.25, 0.3) is 0 Å². The Hall–Kier alpha value is -0.0800. The summed E-state index contributed by atoms with van der Waals surface area (Å²) in [5.74, 6) is 1.66. The lowest BCUT2D eigenvalue weighted by Gasteiger charge is -2.50. The first-order valence-electron chi connectivity index (χ1n) is 7.53. The average Bonchev–Trinajstić information content (AvgIpc) is 2.27. The molecule has 17 heavy (non-hydrogen) atoms. The van der Waals surface area contributed by atoms with Crippen LogP contribution in [0.5, 0.6) is 0 Å². The van der Waals surface area contributed by atoms with Crippen molar-refractivity contribution in [3.05, 3.63) is 0 Å². The summed E-state index contributed by atoms with van der Waals surface area (Å²) in [6, 6.07) is 0. The van der Waals surface area contributed by atoms with Gasteiger partial charge in [-0.3, -0.25) is 4.90 Å². The highest BCUT2D eigenvalue weighted by atomic mass is 15.2. The number of hydrogen-bond donors (Lipinski definition) is 1. The minimum atomic E-state index is 0.295. The molecule has 0 amide bonds. The van der Waals surface area contributed by atoms with Gasteiger partial charge >= 0.3 is 0 Å². The maximum absolute atomic E-state index is 6.18. The Bertz CT molecular complexity index is 199. The largest absolute Gasteiger partial charge is 0.329 e. The first kappa shape index (κ1) is 15.0. The van der Waals surface area contributed by atoms with Crippen LogP contribution >= 0.6 is 0 Å². The SMILES string of the molecule is CCCN(CCC)C1(CN)CC(C)CC(C)C1. The van der Waals surface area contributed by atoms with Gasteiger partial charge in [-0.1, -0.05) is 27.7 Å². The second kappa shape index (κ2) is 6.75. The molecule has 1 fully saturated rings. The molecule has 1 rings (SSSR count). The zero-order valence-electron chi connectivity index (χ0n) is 12.3. The molecule has 1 aliphatic rings. The lowest BCUT2D eigenvalue weighted by Crippen LogP contribution is -2.57. The summed E-state index contributed by atoms with van der Waals surface area (Å²) < 4.78 is 0. The molecule has 0 saturated heterocycles. The first-order valence-corrected chi connectivity index (χ1v) is 7.53. The highest BCUT2D eigenvalue weighted by molar-refractivity contribution is 4.97. The Morgan fingerprint density at radius 2 is 1.53 bits per heavy atom. The van der Waals surface area contributed by atoms with E-state index >= 15 is 0 Å². The van der Waals surface area contributed by atoms with Gasteiger partial charge in [-0.2, -0.15) is 0 Å². The van der Waals surface area contributed by atoms with Gasteiger partial charge in [0.05, 0.1) is 0 Å². The fourth-order valence-electron chi connectivity index (χ4n) is 3.91. The quantitative estimate of drug-likeness (QED) is 0.772. The summed E-state index contributed by atoms with van der Waals surface area (Å²) in [7, 11) is 0. The summed E-state index contributed by atoms with van der Waals surface area (Å²) in [6.07, 6.45) is 6.46. The van der Waals surface area contributed by atoms with E-state index in [-0.39, 0.29) is 0 Å². The molecule has 0 aromatic heterocycles. The van der Waals surface area contributed by atoms with Gasteiger partial charge in [0.1, 0.15) is 0 Å². The van der Waals surface area contributed by atoms with Crippen molar-refractivity contribution in [3.63, 3.8) is 0 Å². The predicted octanol–water partition coefficient (Wildman–Crippen LogP) is 3.26. The van der Waals surface area contributed by atoms with Crippen LogP contribution in [0.25, 0.3) is 0 Å². The molecule has 2 unspecified atom stereocenters. The van der Waals surface area contributed by atoms with Gasteiger partial charge < -0.3 is 5.73 Å². The van der Waals surface area contributed by atoms with E-state index in [2.05, 4.69) is 32.6 Å². The van der Waals surface area contributed by atoms with E-state index in [9.17, 15) is 0 Å². The third kappa shape index (κ3) is 3.69. The van der Waals surface area contributed by atoms with Gasteiger partial charge in [0.15, 0.2) is 0 Å². The van der Waals surface area contributed by atoms with Crippen molar-refractivity contribution < 1.29 is 0 Å². The van der Waals surface area contributed by atoms with Crippen molar-refractivity contribution in [1.29, 1.82) is 0 Å². The summed E-state index contributed by atoms with van der Waals surface area (Å²) >= 11 is 0. The molecule has 0 radical (unpaired) electrons. The zero-order chi connectivity index (χ0) is 12.9. The average molecular weight is 240 g/mol. The Morgan fingerprint density at radius 1 is 1.06 bits per heavy atom. The molecule has 0 bridgehead atoms. The molecule has 0 heterocycles. The summed E-state index contributed by atoms with van der Waals surface area (Å²) in [6.45, 7) is 12.6. The Labute approximate surface area is 108 Å². The fraction of sp³-hybridized carbons (Fsp3) is 1.00. The van der Waals surface area contributed by atoms with Crippen LogP contribution in [0.1, 0.15) is 59.8 Å². The fourth-order valence-corrected chi connectivity index (χ4v) is 3.91. The van der Waals surface area contributed by atoms with Crippen LogP contribution < -0.4 is 5.73 Å². The number of nitrogens with two attached hydrogens (primary N) is 1. The normalized spacial score (nSPS) is 34.2. The summed E-state index contributed by atoms with van der Waals surface area (Å²) in [4.78, 5) is 2.69.